The third kappa shape index (κ3) is 4.94. The van der Waals surface area contributed by atoms with Crippen LogP contribution in [0.25, 0.3) is 10.9 Å². The van der Waals surface area contributed by atoms with E-state index < -0.39 is 23.8 Å². The number of amides is 3. The van der Waals surface area contributed by atoms with Gasteiger partial charge < -0.3 is 9.64 Å². The Balaban J connectivity index is 1.12. The number of nitrogens with zero attached hydrogens (tertiary/aromatic N) is 3. The Morgan fingerprint density at radius 3 is 2.67 bits per heavy atom. The summed E-state index contributed by atoms with van der Waals surface area (Å²) in [4.78, 5) is 43.9. The highest BCUT2D eigenvalue weighted by molar-refractivity contribution is 6.05. The minimum Gasteiger partial charge on any atom is -0.489 e. The van der Waals surface area contributed by atoms with Crippen molar-refractivity contribution in [3.8, 4) is 5.75 Å². The molecule has 0 aliphatic carbocycles. The number of ether oxygens (including phenoxy) is 1. The maximum Gasteiger partial charge on any atom is 0.433 e. The van der Waals surface area contributed by atoms with Gasteiger partial charge in [0.15, 0.2) is 0 Å². The Kier molecular flexibility index (Phi) is 6.25. The smallest absolute Gasteiger partial charge is 0.433 e. The number of rotatable bonds is 5. The second-order valence-corrected chi connectivity index (χ2v) is 10.2. The average molecular weight is 539 g/mol. The second kappa shape index (κ2) is 9.64. The molecule has 3 amide bonds. The lowest BCUT2D eigenvalue weighted by atomic mass is 10.0. The molecule has 2 aromatic carbocycles. The minimum absolute atomic E-state index is 0.103. The summed E-state index contributed by atoms with van der Waals surface area (Å²) in [5.41, 5.74) is 0.793. The number of fused-ring (bicyclic) bond motifs is 2. The largest absolute Gasteiger partial charge is 0.489 e. The van der Waals surface area contributed by atoms with E-state index in [-0.39, 0.29) is 49.4 Å². The SMILES string of the molecule is O=C1CCC(N2Cc3cc(O[C@H]4CCN(Cc5cc6ccccc6nc5C(F)(F)F)C4)ccc3C2=O)C(=O)N1. The highest BCUT2D eigenvalue weighted by Crippen LogP contribution is 2.34. The molecule has 2 saturated heterocycles. The standard InChI is InChI=1S/C28H25F3N4O4/c29-28(30,31)25-18(11-16-3-1-2-4-22(16)32-25)13-34-10-9-20(15-34)39-19-5-6-21-17(12-19)14-35(27(21)38)23-7-8-24(36)33-26(23)37/h1-6,11-12,20,23H,7-10,13-15H2,(H,33,36,37)/t20-,23?/m0/s1. The van der Waals surface area contributed by atoms with Crippen molar-refractivity contribution in [1.82, 2.24) is 20.1 Å². The Morgan fingerprint density at radius 2 is 1.87 bits per heavy atom. The quantitative estimate of drug-likeness (QED) is 0.499. The van der Waals surface area contributed by atoms with E-state index in [4.69, 9.17) is 4.74 Å². The summed E-state index contributed by atoms with van der Waals surface area (Å²) in [5, 5.41) is 2.95. The first-order chi connectivity index (χ1) is 18.7. The van der Waals surface area contributed by atoms with Crippen molar-refractivity contribution < 1.29 is 32.3 Å². The van der Waals surface area contributed by atoms with E-state index >= 15 is 0 Å². The first-order valence-corrected chi connectivity index (χ1v) is 12.8. The number of imide groups is 1. The number of aromatic nitrogens is 1. The number of alkyl halides is 3. The van der Waals surface area contributed by atoms with Crippen LogP contribution in [0.4, 0.5) is 13.2 Å². The van der Waals surface area contributed by atoms with Crippen LogP contribution < -0.4 is 10.1 Å². The van der Waals surface area contributed by atoms with Crippen molar-refractivity contribution in [2.24, 2.45) is 0 Å². The monoisotopic (exact) mass is 538 g/mol. The molecule has 0 bridgehead atoms. The molecule has 11 heteroatoms. The summed E-state index contributed by atoms with van der Waals surface area (Å²) >= 11 is 0. The fourth-order valence-electron chi connectivity index (χ4n) is 5.62. The van der Waals surface area contributed by atoms with Gasteiger partial charge in [0.05, 0.1) is 5.52 Å². The average Bonchev–Trinajstić information content (AvgIpc) is 3.46. The fourth-order valence-corrected chi connectivity index (χ4v) is 5.62. The van der Waals surface area contributed by atoms with Gasteiger partial charge in [0, 0.05) is 43.5 Å². The number of carbonyl (C=O) groups excluding carboxylic acids is 3. The van der Waals surface area contributed by atoms with Crippen LogP contribution in [-0.2, 0) is 28.9 Å². The van der Waals surface area contributed by atoms with Gasteiger partial charge >= 0.3 is 6.18 Å². The van der Waals surface area contributed by atoms with Crippen LogP contribution >= 0.6 is 0 Å². The predicted molar refractivity (Wildman–Crippen MR) is 134 cm³/mol. The number of hydrogen-bond donors (Lipinski definition) is 1. The summed E-state index contributed by atoms with van der Waals surface area (Å²) in [5.74, 6) is -0.511. The number of likely N-dealkylation sites (tertiary alicyclic amines) is 1. The third-order valence-corrected chi connectivity index (χ3v) is 7.49. The van der Waals surface area contributed by atoms with Crippen molar-refractivity contribution in [2.75, 3.05) is 13.1 Å². The molecule has 0 spiro atoms. The molecule has 0 saturated carbocycles. The van der Waals surface area contributed by atoms with Crippen molar-refractivity contribution in [3.63, 3.8) is 0 Å². The number of nitrogens with one attached hydrogen (secondary N) is 1. The number of benzene rings is 2. The highest BCUT2D eigenvalue weighted by atomic mass is 19.4. The number of piperidine rings is 1. The molecule has 1 N–H and O–H groups in total. The van der Waals surface area contributed by atoms with E-state index in [1.807, 2.05) is 4.90 Å². The van der Waals surface area contributed by atoms with Crippen LogP contribution in [0.3, 0.4) is 0 Å². The first-order valence-electron chi connectivity index (χ1n) is 12.8. The zero-order valence-electron chi connectivity index (χ0n) is 20.8. The Labute approximate surface area is 221 Å². The molecule has 0 radical (unpaired) electrons. The van der Waals surface area contributed by atoms with Gasteiger partial charge in [0.1, 0.15) is 23.6 Å². The van der Waals surface area contributed by atoms with Crippen LogP contribution in [0.15, 0.2) is 48.5 Å². The minimum atomic E-state index is -4.56. The molecule has 1 unspecified atom stereocenters. The molecule has 202 valence electrons. The number of para-hydroxylation sites is 1. The lowest BCUT2D eigenvalue weighted by Crippen LogP contribution is -2.52. The fraction of sp³-hybridized carbons (Fsp3) is 0.357. The molecule has 1 aromatic heterocycles. The van der Waals surface area contributed by atoms with Crippen LogP contribution in [-0.4, -0.2) is 57.7 Å². The van der Waals surface area contributed by atoms with Gasteiger partial charge in [0.25, 0.3) is 5.91 Å². The number of carbonyl (C=O) groups is 3. The molecule has 3 aliphatic heterocycles. The second-order valence-electron chi connectivity index (χ2n) is 10.2. The molecule has 2 atom stereocenters. The maximum absolute atomic E-state index is 13.8. The Hall–Kier alpha value is -3.99. The van der Waals surface area contributed by atoms with E-state index in [0.29, 0.717) is 41.7 Å². The molecular formula is C28H25F3N4O4. The molecule has 3 aromatic rings. The van der Waals surface area contributed by atoms with Crippen LogP contribution in [0.2, 0.25) is 0 Å². The zero-order chi connectivity index (χ0) is 27.3. The summed E-state index contributed by atoms with van der Waals surface area (Å²) in [7, 11) is 0. The van der Waals surface area contributed by atoms with Crippen molar-refractivity contribution in [3.05, 3.63) is 70.9 Å². The number of pyridine rings is 1. The van der Waals surface area contributed by atoms with Gasteiger partial charge in [0.2, 0.25) is 11.8 Å². The Morgan fingerprint density at radius 1 is 1.05 bits per heavy atom. The molecule has 8 nitrogen and oxygen atoms in total. The van der Waals surface area contributed by atoms with Crippen LogP contribution in [0.5, 0.6) is 5.75 Å². The summed E-state index contributed by atoms with van der Waals surface area (Å²) in [6.07, 6.45) is -3.68. The molecule has 39 heavy (non-hydrogen) atoms. The first kappa shape index (κ1) is 25.3. The van der Waals surface area contributed by atoms with Gasteiger partial charge in [-0.2, -0.15) is 13.2 Å². The highest BCUT2D eigenvalue weighted by Gasteiger charge is 2.40. The molecule has 2 fully saturated rings. The molecule has 4 heterocycles. The van der Waals surface area contributed by atoms with Crippen molar-refractivity contribution >= 4 is 28.6 Å². The molecular weight excluding hydrogens is 513 g/mol. The zero-order valence-corrected chi connectivity index (χ0v) is 20.8. The van der Waals surface area contributed by atoms with Crippen LogP contribution in [0, 0.1) is 0 Å². The van der Waals surface area contributed by atoms with E-state index in [1.165, 1.54) is 4.90 Å². The van der Waals surface area contributed by atoms with Gasteiger partial charge in [-0.25, -0.2) is 4.98 Å². The Bertz CT molecular complexity index is 1490. The molecule has 3 aliphatic rings. The van der Waals surface area contributed by atoms with Gasteiger partial charge in [-0.05, 0) is 54.3 Å². The number of hydrogen-bond acceptors (Lipinski definition) is 6. The third-order valence-electron chi connectivity index (χ3n) is 7.49. The maximum atomic E-state index is 13.8. The van der Waals surface area contributed by atoms with Gasteiger partial charge in [-0.1, -0.05) is 18.2 Å². The summed E-state index contributed by atoms with van der Waals surface area (Å²) < 4.78 is 47.5. The van der Waals surface area contributed by atoms with Gasteiger partial charge in [-0.15, -0.1) is 0 Å². The lowest BCUT2D eigenvalue weighted by Gasteiger charge is -2.29. The number of halogens is 3. The topological polar surface area (TPSA) is 91.8 Å². The lowest BCUT2D eigenvalue weighted by molar-refractivity contribution is -0.142. The van der Waals surface area contributed by atoms with E-state index in [0.717, 1.165) is 5.56 Å². The van der Waals surface area contributed by atoms with E-state index in [9.17, 15) is 27.6 Å². The van der Waals surface area contributed by atoms with Crippen molar-refractivity contribution in [1.29, 1.82) is 0 Å². The summed E-state index contributed by atoms with van der Waals surface area (Å²) in [6.45, 7) is 1.36. The summed E-state index contributed by atoms with van der Waals surface area (Å²) in [6, 6.07) is 12.8. The van der Waals surface area contributed by atoms with Gasteiger partial charge in [-0.3, -0.25) is 24.6 Å². The van der Waals surface area contributed by atoms with Crippen LogP contribution in [0.1, 0.15) is 46.4 Å². The van der Waals surface area contributed by atoms with E-state index in [2.05, 4.69) is 10.3 Å². The van der Waals surface area contributed by atoms with Crippen molar-refractivity contribution in [2.45, 2.75) is 50.7 Å². The predicted octanol–water partition coefficient (Wildman–Crippen LogP) is 3.67. The normalized spacial score (nSPS) is 21.9. The van der Waals surface area contributed by atoms with E-state index in [1.54, 1.807) is 48.5 Å². The molecule has 6 rings (SSSR count).